The Hall–Kier alpha value is -2.96. The summed E-state index contributed by atoms with van der Waals surface area (Å²) in [5.41, 5.74) is -0.124. The van der Waals surface area contributed by atoms with Crippen LogP contribution in [0, 0.1) is 11.6 Å². The predicted molar refractivity (Wildman–Crippen MR) is 78.3 cm³/mol. The number of esters is 1. The SMILES string of the molecule is COc1cccc(C(=O)OCC(=O)Nc2cc(F)ccc2F)c1. The van der Waals surface area contributed by atoms with E-state index in [4.69, 9.17) is 9.47 Å². The normalized spacial score (nSPS) is 10.0. The van der Waals surface area contributed by atoms with Gasteiger partial charge in [0.15, 0.2) is 6.61 Å². The van der Waals surface area contributed by atoms with E-state index in [1.54, 1.807) is 12.1 Å². The Balaban J connectivity index is 1.93. The molecule has 0 fully saturated rings. The van der Waals surface area contributed by atoms with Gasteiger partial charge in [-0.15, -0.1) is 0 Å². The van der Waals surface area contributed by atoms with Crippen LogP contribution in [0.1, 0.15) is 10.4 Å². The number of benzene rings is 2. The van der Waals surface area contributed by atoms with Gasteiger partial charge in [-0.3, -0.25) is 4.79 Å². The van der Waals surface area contributed by atoms with Crippen molar-refractivity contribution < 1.29 is 27.8 Å². The largest absolute Gasteiger partial charge is 0.497 e. The molecule has 1 amide bonds. The minimum atomic E-state index is -0.793. The van der Waals surface area contributed by atoms with Gasteiger partial charge >= 0.3 is 5.97 Å². The van der Waals surface area contributed by atoms with Crippen LogP contribution in [0.2, 0.25) is 0 Å². The Morgan fingerprint density at radius 2 is 1.91 bits per heavy atom. The maximum absolute atomic E-state index is 13.4. The smallest absolute Gasteiger partial charge is 0.338 e. The van der Waals surface area contributed by atoms with Crippen molar-refractivity contribution in [3.05, 3.63) is 59.7 Å². The van der Waals surface area contributed by atoms with Gasteiger partial charge < -0.3 is 14.8 Å². The summed E-state index contributed by atoms with van der Waals surface area (Å²) < 4.78 is 36.1. The molecule has 0 aromatic heterocycles. The first-order chi connectivity index (χ1) is 11.0. The molecule has 0 radical (unpaired) electrons. The Morgan fingerprint density at radius 3 is 2.65 bits per heavy atom. The van der Waals surface area contributed by atoms with E-state index in [-0.39, 0.29) is 11.3 Å². The number of anilines is 1. The van der Waals surface area contributed by atoms with Crippen molar-refractivity contribution in [2.75, 3.05) is 19.0 Å². The van der Waals surface area contributed by atoms with Crippen molar-refractivity contribution in [3.63, 3.8) is 0 Å². The van der Waals surface area contributed by atoms with Gasteiger partial charge in [0.1, 0.15) is 17.4 Å². The number of nitrogens with one attached hydrogen (secondary N) is 1. The van der Waals surface area contributed by atoms with Crippen LogP contribution >= 0.6 is 0 Å². The van der Waals surface area contributed by atoms with Crippen LogP contribution in [0.3, 0.4) is 0 Å². The highest BCUT2D eigenvalue weighted by atomic mass is 19.1. The van der Waals surface area contributed by atoms with Crippen molar-refractivity contribution in [3.8, 4) is 5.75 Å². The average Bonchev–Trinajstić information content (AvgIpc) is 2.56. The highest BCUT2D eigenvalue weighted by Gasteiger charge is 2.13. The molecule has 0 aliphatic heterocycles. The predicted octanol–water partition coefficient (Wildman–Crippen LogP) is 2.77. The zero-order chi connectivity index (χ0) is 16.8. The van der Waals surface area contributed by atoms with Crippen LogP contribution in [-0.2, 0) is 9.53 Å². The summed E-state index contributed by atoms with van der Waals surface area (Å²) in [6.45, 7) is -0.633. The Morgan fingerprint density at radius 1 is 1.13 bits per heavy atom. The van der Waals surface area contributed by atoms with E-state index in [1.807, 2.05) is 0 Å². The lowest BCUT2D eigenvalue weighted by Crippen LogP contribution is -2.21. The fraction of sp³-hybridized carbons (Fsp3) is 0.125. The third-order valence-electron chi connectivity index (χ3n) is 2.84. The van der Waals surface area contributed by atoms with E-state index in [9.17, 15) is 18.4 Å². The molecule has 0 aliphatic rings. The third kappa shape index (κ3) is 4.50. The van der Waals surface area contributed by atoms with Gasteiger partial charge in [0, 0.05) is 6.07 Å². The van der Waals surface area contributed by atoms with Crippen molar-refractivity contribution in [1.29, 1.82) is 0 Å². The van der Waals surface area contributed by atoms with Crippen LogP contribution in [0.25, 0.3) is 0 Å². The Labute approximate surface area is 130 Å². The molecule has 0 unspecified atom stereocenters. The molecule has 0 saturated carbocycles. The van der Waals surface area contributed by atoms with Gasteiger partial charge in [0.25, 0.3) is 5.91 Å². The Bertz CT molecular complexity index is 734. The van der Waals surface area contributed by atoms with E-state index < -0.39 is 30.1 Å². The third-order valence-corrected chi connectivity index (χ3v) is 2.84. The van der Waals surface area contributed by atoms with E-state index in [2.05, 4.69) is 5.32 Å². The molecule has 0 bridgehead atoms. The number of halogens is 2. The van der Waals surface area contributed by atoms with Gasteiger partial charge in [-0.1, -0.05) is 6.07 Å². The molecule has 0 spiro atoms. The van der Waals surface area contributed by atoms with Crippen LogP contribution < -0.4 is 10.1 Å². The molecule has 0 aliphatic carbocycles. The van der Waals surface area contributed by atoms with E-state index in [0.29, 0.717) is 5.75 Å². The van der Waals surface area contributed by atoms with Crippen molar-refractivity contribution in [1.82, 2.24) is 0 Å². The quantitative estimate of drug-likeness (QED) is 0.860. The van der Waals surface area contributed by atoms with E-state index >= 15 is 0 Å². The molecule has 23 heavy (non-hydrogen) atoms. The highest BCUT2D eigenvalue weighted by Crippen LogP contribution is 2.16. The van der Waals surface area contributed by atoms with Crippen molar-refractivity contribution >= 4 is 17.6 Å². The summed E-state index contributed by atoms with van der Waals surface area (Å²) in [7, 11) is 1.45. The second-order valence-corrected chi connectivity index (χ2v) is 4.48. The van der Waals surface area contributed by atoms with Crippen molar-refractivity contribution in [2.24, 2.45) is 0 Å². The molecule has 5 nitrogen and oxygen atoms in total. The monoisotopic (exact) mass is 321 g/mol. The first-order valence-corrected chi connectivity index (χ1v) is 6.55. The van der Waals surface area contributed by atoms with Gasteiger partial charge in [-0.2, -0.15) is 0 Å². The lowest BCUT2D eigenvalue weighted by atomic mass is 10.2. The minimum absolute atomic E-state index is 0.203. The molecule has 2 aromatic carbocycles. The van der Waals surface area contributed by atoms with Crippen molar-refractivity contribution in [2.45, 2.75) is 0 Å². The summed E-state index contributed by atoms with van der Waals surface area (Å²) in [6, 6.07) is 8.83. The minimum Gasteiger partial charge on any atom is -0.497 e. The molecule has 7 heteroatoms. The zero-order valence-electron chi connectivity index (χ0n) is 12.1. The lowest BCUT2D eigenvalue weighted by molar-refractivity contribution is -0.119. The second-order valence-electron chi connectivity index (χ2n) is 4.48. The highest BCUT2D eigenvalue weighted by molar-refractivity contribution is 5.95. The molecular weight excluding hydrogens is 308 g/mol. The molecule has 0 heterocycles. The van der Waals surface area contributed by atoms with Gasteiger partial charge in [-0.25, -0.2) is 13.6 Å². The van der Waals surface area contributed by atoms with Gasteiger partial charge in [0.05, 0.1) is 18.4 Å². The standard InChI is InChI=1S/C16H13F2NO4/c1-22-12-4-2-3-10(7-12)16(21)23-9-15(20)19-14-8-11(17)5-6-13(14)18/h2-8H,9H2,1H3,(H,19,20). The fourth-order valence-electron chi connectivity index (χ4n) is 1.74. The number of rotatable bonds is 5. The van der Waals surface area contributed by atoms with Gasteiger partial charge in [-0.05, 0) is 30.3 Å². The molecule has 1 N–H and O–H groups in total. The summed E-state index contributed by atoms with van der Waals surface area (Å²) in [5.74, 6) is -2.55. The van der Waals surface area contributed by atoms with Crippen LogP contribution in [0.15, 0.2) is 42.5 Å². The number of methoxy groups -OCH3 is 1. The van der Waals surface area contributed by atoms with Gasteiger partial charge in [0.2, 0.25) is 0 Å². The van der Waals surface area contributed by atoms with E-state index in [0.717, 1.165) is 18.2 Å². The second kappa shape index (κ2) is 7.35. The number of ether oxygens (including phenoxy) is 2. The average molecular weight is 321 g/mol. The number of amides is 1. The molecule has 120 valence electrons. The molecule has 0 saturated heterocycles. The summed E-state index contributed by atoms with van der Waals surface area (Å²) in [4.78, 5) is 23.4. The molecule has 0 atom stereocenters. The maximum atomic E-state index is 13.4. The number of hydrogen-bond donors (Lipinski definition) is 1. The topological polar surface area (TPSA) is 64.6 Å². The lowest BCUT2D eigenvalue weighted by Gasteiger charge is -2.08. The zero-order valence-corrected chi connectivity index (χ0v) is 12.1. The molecule has 2 aromatic rings. The van der Waals surface area contributed by atoms with Crippen LogP contribution in [0.5, 0.6) is 5.75 Å². The van der Waals surface area contributed by atoms with E-state index in [1.165, 1.54) is 19.2 Å². The van der Waals surface area contributed by atoms with Crippen LogP contribution in [0.4, 0.5) is 14.5 Å². The molecular formula is C16H13F2NO4. The summed E-state index contributed by atoms with van der Waals surface area (Å²) in [6.07, 6.45) is 0. The van der Waals surface area contributed by atoms with Crippen LogP contribution in [-0.4, -0.2) is 25.6 Å². The summed E-state index contributed by atoms with van der Waals surface area (Å²) in [5, 5.41) is 2.12. The number of carbonyl (C=O) groups is 2. The maximum Gasteiger partial charge on any atom is 0.338 e. The number of carbonyl (C=O) groups excluding carboxylic acids is 2. The first-order valence-electron chi connectivity index (χ1n) is 6.55. The number of hydrogen-bond acceptors (Lipinski definition) is 4. The fourth-order valence-corrected chi connectivity index (χ4v) is 1.74. The summed E-state index contributed by atoms with van der Waals surface area (Å²) >= 11 is 0. The Kier molecular flexibility index (Phi) is 5.24. The molecule has 2 rings (SSSR count). The first kappa shape index (κ1) is 16.4.